The highest BCUT2D eigenvalue weighted by molar-refractivity contribution is 5.85. The Hall–Kier alpha value is -1.08. The van der Waals surface area contributed by atoms with E-state index in [-0.39, 0.29) is 18.1 Å². The van der Waals surface area contributed by atoms with Crippen LogP contribution in [0.1, 0.15) is 45.4 Å². The summed E-state index contributed by atoms with van der Waals surface area (Å²) in [6.07, 6.45) is 5.52. The molecule has 0 aromatic rings. The van der Waals surface area contributed by atoms with Gasteiger partial charge in [0.25, 0.3) is 0 Å². The zero-order valence-corrected chi connectivity index (χ0v) is 11.3. The highest BCUT2D eigenvalue weighted by Gasteiger charge is 2.44. The van der Waals surface area contributed by atoms with Gasteiger partial charge in [0.05, 0.1) is 18.2 Å². The molecule has 0 aromatic heterocycles. The number of nitrogens with zero attached hydrogens (tertiary/aromatic N) is 2. The fraction of sp³-hybridized carbons (Fsp3) is 0.857. The van der Waals surface area contributed by atoms with Crippen LogP contribution >= 0.6 is 0 Å². The first-order valence-corrected chi connectivity index (χ1v) is 6.91. The minimum atomic E-state index is -0.769. The van der Waals surface area contributed by atoms with Gasteiger partial charge in [0.1, 0.15) is 5.41 Å². The van der Waals surface area contributed by atoms with Gasteiger partial charge in [0, 0.05) is 13.7 Å². The minimum absolute atomic E-state index is 0.00653. The molecule has 0 radical (unpaired) electrons. The molecular formula is C14H22N2O2. The Kier molecular flexibility index (Phi) is 3.91. The molecule has 0 aromatic carbocycles. The van der Waals surface area contributed by atoms with Crippen molar-refractivity contribution < 1.29 is 9.53 Å². The molecule has 2 fully saturated rings. The first kappa shape index (κ1) is 13.4. The van der Waals surface area contributed by atoms with Crippen molar-refractivity contribution in [2.75, 3.05) is 13.7 Å². The van der Waals surface area contributed by atoms with Crippen LogP contribution in [0.15, 0.2) is 0 Å². The van der Waals surface area contributed by atoms with Crippen molar-refractivity contribution in [3.05, 3.63) is 0 Å². The summed E-state index contributed by atoms with van der Waals surface area (Å²) < 4.78 is 5.51. The van der Waals surface area contributed by atoms with Gasteiger partial charge in [-0.3, -0.25) is 4.79 Å². The third kappa shape index (κ3) is 2.24. The van der Waals surface area contributed by atoms with Crippen molar-refractivity contribution in [1.82, 2.24) is 4.90 Å². The van der Waals surface area contributed by atoms with Crippen molar-refractivity contribution in [3.63, 3.8) is 0 Å². The van der Waals surface area contributed by atoms with E-state index in [1.54, 1.807) is 4.90 Å². The molecule has 4 nitrogen and oxygen atoms in total. The van der Waals surface area contributed by atoms with Crippen molar-refractivity contribution >= 4 is 5.91 Å². The Morgan fingerprint density at radius 2 is 2.06 bits per heavy atom. The number of nitriles is 1. The summed E-state index contributed by atoms with van der Waals surface area (Å²) in [5, 5.41) is 9.44. The van der Waals surface area contributed by atoms with Crippen molar-refractivity contribution in [3.8, 4) is 6.07 Å². The second-order valence-corrected chi connectivity index (χ2v) is 5.60. The fourth-order valence-corrected chi connectivity index (χ4v) is 3.25. The second kappa shape index (κ2) is 5.27. The average Bonchev–Trinajstić information content (AvgIpc) is 2.84. The lowest BCUT2D eigenvalue weighted by molar-refractivity contribution is -0.142. The topological polar surface area (TPSA) is 53.3 Å². The van der Waals surface area contributed by atoms with E-state index in [0.717, 1.165) is 25.7 Å². The smallest absolute Gasteiger partial charge is 0.243 e. The summed E-state index contributed by atoms with van der Waals surface area (Å²) in [5.41, 5.74) is -0.769. The number of amides is 1. The molecule has 0 spiro atoms. The number of hydrogen-bond donors (Lipinski definition) is 0. The molecule has 1 saturated carbocycles. The Labute approximate surface area is 109 Å². The first-order chi connectivity index (χ1) is 8.60. The van der Waals surface area contributed by atoms with Crippen LogP contribution in [-0.2, 0) is 9.53 Å². The molecule has 1 amide bonds. The number of ether oxygens (including phenoxy) is 1. The predicted molar refractivity (Wildman–Crippen MR) is 67.7 cm³/mol. The maximum absolute atomic E-state index is 12.6. The average molecular weight is 250 g/mol. The third-order valence-corrected chi connectivity index (χ3v) is 4.48. The lowest BCUT2D eigenvalue weighted by Crippen LogP contribution is -2.49. The number of carbonyl (C=O) groups is 1. The van der Waals surface area contributed by atoms with E-state index < -0.39 is 5.41 Å². The molecule has 4 heteroatoms. The Morgan fingerprint density at radius 1 is 1.39 bits per heavy atom. The van der Waals surface area contributed by atoms with E-state index in [1.165, 1.54) is 0 Å². The van der Waals surface area contributed by atoms with Crippen LogP contribution in [-0.4, -0.2) is 36.6 Å². The van der Waals surface area contributed by atoms with Gasteiger partial charge in [-0.25, -0.2) is 0 Å². The molecule has 2 atom stereocenters. The van der Waals surface area contributed by atoms with Crippen LogP contribution < -0.4 is 0 Å². The molecule has 0 N–H and O–H groups in total. The summed E-state index contributed by atoms with van der Waals surface area (Å²) in [7, 11) is 1.83. The standard InChI is InChI=1S/C14H22N2O2/c1-11-12(6-9-18-11)16(2)13(17)14(10-15)7-4-3-5-8-14/h11-12H,3-9H2,1-2H3. The SMILES string of the molecule is CC1OCCC1N(C)C(=O)C1(C#N)CCCCC1. The van der Waals surface area contributed by atoms with Gasteiger partial charge in [-0.05, 0) is 26.2 Å². The number of likely N-dealkylation sites (N-methyl/N-ethyl adjacent to an activating group) is 1. The number of carbonyl (C=O) groups excluding carboxylic acids is 1. The maximum atomic E-state index is 12.6. The van der Waals surface area contributed by atoms with E-state index in [1.807, 2.05) is 14.0 Å². The summed E-state index contributed by atoms with van der Waals surface area (Å²) in [6.45, 7) is 2.71. The zero-order valence-electron chi connectivity index (χ0n) is 11.3. The maximum Gasteiger partial charge on any atom is 0.243 e. The van der Waals surface area contributed by atoms with Crippen LogP contribution in [0.4, 0.5) is 0 Å². The lowest BCUT2D eigenvalue weighted by atomic mass is 9.74. The molecular weight excluding hydrogens is 228 g/mol. The Bertz CT molecular complexity index is 355. The summed E-state index contributed by atoms with van der Waals surface area (Å²) in [6, 6.07) is 2.43. The zero-order chi connectivity index (χ0) is 13.2. The number of hydrogen-bond acceptors (Lipinski definition) is 3. The molecule has 100 valence electrons. The third-order valence-electron chi connectivity index (χ3n) is 4.48. The quantitative estimate of drug-likeness (QED) is 0.754. The highest BCUT2D eigenvalue weighted by atomic mass is 16.5. The fourth-order valence-electron chi connectivity index (χ4n) is 3.25. The number of rotatable bonds is 2. The van der Waals surface area contributed by atoms with E-state index in [2.05, 4.69) is 6.07 Å². The van der Waals surface area contributed by atoms with Crippen LogP contribution in [0.3, 0.4) is 0 Å². The van der Waals surface area contributed by atoms with Gasteiger partial charge in [0.2, 0.25) is 5.91 Å². The van der Waals surface area contributed by atoms with Crippen LogP contribution in [0, 0.1) is 16.7 Å². The van der Waals surface area contributed by atoms with Gasteiger partial charge in [-0.2, -0.15) is 5.26 Å². The van der Waals surface area contributed by atoms with Crippen molar-refractivity contribution in [1.29, 1.82) is 5.26 Å². The van der Waals surface area contributed by atoms with E-state index >= 15 is 0 Å². The molecule has 1 saturated heterocycles. The van der Waals surface area contributed by atoms with Crippen LogP contribution in [0.5, 0.6) is 0 Å². The molecule has 2 rings (SSSR count). The first-order valence-electron chi connectivity index (χ1n) is 6.91. The van der Waals surface area contributed by atoms with Crippen LogP contribution in [0.25, 0.3) is 0 Å². The van der Waals surface area contributed by atoms with Gasteiger partial charge in [-0.1, -0.05) is 19.3 Å². The van der Waals surface area contributed by atoms with Gasteiger partial charge in [-0.15, -0.1) is 0 Å². The second-order valence-electron chi connectivity index (χ2n) is 5.60. The summed E-state index contributed by atoms with van der Waals surface area (Å²) in [5.74, 6) is 0.00653. The van der Waals surface area contributed by atoms with Gasteiger partial charge >= 0.3 is 0 Å². The molecule has 18 heavy (non-hydrogen) atoms. The molecule has 0 bridgehead atoms. The van der Waals surface area contributed by atoms with Crippen molar-refractivity contribution in [2.45, 2.75) is 57.6 Å². The predicted octanol–water partition coefficient (Wildman–Crippen LogP) is 2.10. The van der Waals surface area contributed by atoms with E-state index in [0.29, 0.717) is 19.4 Å². The molecule has 2 unspecified atom stereocenters. The normalized spacial score (nSPS) is 30.7. The molecule has 1 aliphatic carbocycles. The monoisotopic (exact) mass is 250 g/mol. The van der Waals surface area contributed by atoms with E-state index in [4.69, 9.17) is 4.74 Å². The highest BCUT2D eigenvalue weighted by Crippen LogP contribution is 2.38. The Balaban J connectivity index is 2.11. The van der Waals surface area contributed by atoms with E-state index in [9.17, 15) is 10.1 Å². The lowest BCUT2D eigenvalue weighted by Gasteiger charge is -2.36. The summed E-state index contributed by atoms with van der Waals surface area (Å²) in [4.78, 5) is 14.4. The van der Waals surface area contributed by atoms with Crippen LogP contribution in [0.2, 0.25) is 0 Å². The van der Waals surface area contributed by atoms with Gasteiger partial charge in [0.15, 0.2) is 0 Å². The van der Waals surface area contributed by atoms with Crippen molar-refractivity contribution in [2.24, 2.45) is 5.41 Å². The van der Waals surface area contributed by atoms with Gasteiger partial charge < -0.3 is 9.64 Å². The largest absolute Gasteiger partial charge is 0.376 e. The Morgan fingerprint density at radius 3 is 2.56 bits per heavy atom. The molecule has 1 heterocycles. The summed E-state index contributed by atoms with van der Waals surface area (Å²) >= 11 is 0. The molecule has 2 aliphatic rings. The molecule has 1 aliphatic heterocycles. The minimum Gasteiger partial charge on any atom is -0.376 e.